The lowest BCUT2D eigenvalue weighted by Crippen LogP contribution is -2.08. The summed E-state index contributed by atoms with van der Waals surface area (Å²) in [5.74, 6) is -1.21. The van der Waals surface area contributed by atoms with Crippen molar-refractivity contribution < 1.29 is 13.9 Å². The van der Waals surface area contributed by atoms with Gasteiger partial charge in [0.15, 0.2) is 0 Å². The Hall–Kier alpha value is -3.54. The minimum atomic E-state index is -0.620. The predicted molar refractivity (Wildman–Crippen MR) is 131 cm³/mol. The quantitative estimate of drug-likeness (QED) is 0.182. The highest BCUT2D eigenvalue weighted by Gasteiger charge is 2.14. The number of carbonyl (C=O) groups is 1. The van der Waals surface area contributed by atoms with Crippen LogP contribution in [0.4, 0.5) is 21.5 Å². The molecule has 3 aromatic rings. The first kappa shape index (κ1) is 24.1. The van der Waals surface area contributed by atoms with Crippen LogP contribution < -0.4 is 4.90 Å². The molecule has 0 spiro atoms. The van der Waals surface area contributed by atoms with Crippen LogP contribution in [-0.2, 0) is 4.74 Å². The second kappa shape index (κ2) is 11.9. The number of azo groups is 1. The fraction of sp³-hybridized carbons (Fsp3) is 0.296. The Labute approximate surface area is 194 Å². The van der Waals surface area contributed by atoms with E-state index in [0.29, 0.717) is 17.9 Å². The second-order valence-electron chi connectivity index (χ2n) is 8.05. The first-order valence-corrected chi connectivity index (χ1v) is 11.2. The first-order valence-electron chi connectivity index (χ1n) is 11.2. The highest BCUT2D eigenvalue weighted by Crippen LogP contribution is 2.26. The summed E-state index contributed by atoms with van der Waals surface area (Å²) in [5, 5.41) is 8.52. The number of benzene rings is 3. The Kier molecular flexibility index (Phi) is 8.70. The van der Waals surface area contributed by atoms with Gasteiger partial charge in [0.25, 0.3) is 0 Å². The Balaban J connectivity index is 1.62. The molecule has 0 saturated carbocycles. The Morgan fingerprint density at radius 2 is 1.45 bits per heavy atom. The normalized spacial score (nSPS) is 11.0. The van der Waals surface area contributed by atoms with Gasteiger partial charge >= 0.3 is 5.97 Å². The number of unbranched alkanes of at least 4 members (excludes halogenated alkanes) is 3. The third kappa shape index (κ3) is 6.97. The van der Waals surface area contributed by atoms with Gasteiger partial charge in [-0.15, -0.1) is 0 Å². The average Bonchev–Trinajstić information content (AvgIpc) is 2.83. The van der Waals surface area contributed by atoms with E-state index in [0.717, 1.165) is 42.6 Å². The summed E-state index contributed by atoms with van der Waals surface area (Å²) < 4.78 is 19.7. The summed E-state index contributed by atoms with van der Waals surface area (Å²) >= 11 is 0. The largest absolute Gasteiger partial charge is 0.462 e. The van der Waals surface area contributed by atoms with E-state index < -0.39 is 11.8 Å². The summed E-state index contributed by atoms with van der Waals surface area (Å²) in [6.45, 7) is 2.43. The van der Waals surface area contributed by atoms with Crippen molar-refractivity contribution in [3.63, 3.8) is 0 Å². The number of rotatable bonds is 10. The zero-order valence-electron chi connectivity index (χ0n) is 19.4. The van der Waals surface area contributed by atoms with E-state index in [9.17, 15) is 9.18 Å². The van der Waals surface area contributed by atoms with Gasteiger partial charge in [0.1, 0.15) is 5.82 Å². The lowest BCUT2D eigenvalue weighted by molar-refractivity contribution is 0.0492. The van der Waals surface area contributed by atoms with Crippen LogP contribution in [0.1, 0.15) is 43.0 Å². The van der Waals surface area contributed by atoms with Crippen LogP contribution in [0.15, 0.2) is 77.0 Å². The van der Waals surface area contributed by atoms with Crippen LogP contribution in [0.25, 0.3) is 11.1 Å². The highest BCUT2D eigenvalue weighted by molar-refractivity contribution is 5.90. The Morgan fingerprint density at radius 1 is 0.848 bits per heavy atom. The maximum Gasteiger partial charge on any atom is 0.341 e. The molecule has 3 rings (SSSR count). The lowest BCUT2D eigenvalue weighted by Gasteiger charge is -2.11. The van der Waals surface area contributed by atoms with Gasteiger partial charge in [-0.25, -0.2) is 9.18 Å². The van der Waals surface area contributed by atoms with E-state index in [1.807, 2.05) is 67.5 Å². The number of halogens is 1. The van der Waals surface area contributed by atoms with Crippen molar-refractivity contribution in [1.29, 1.82) is 0 Å². The van der Waals surface area contributed by atoms with Crippen LogP contribution in [0.3, 0.4) is 0 Å². The zero-order chi connectivity index (χ0) is 23.6. The molecule has 0 aliphatic carbocycles. The third-order valence-electron chi connectivity index (χ3n) is 5.27. The fourth-order valence-electron chi connectivity index (χ4n) is 3.29. The lowest BCUT2D eigenvalue weighted by atomic mass is 10.0. The summed E-state index contributed by atoms with van der Waals surface area (Å²) in [4.78, 5) is 14.2. The molecule has 0 saturated heterocycles. The maximum atomic E-state index is 14.5. The summed E-state index contributed by atoms with van der Waals surface area (Å²) in [6, 6.07) is 19.7. The number of ether oxygens (including phenoxy) is 1. The van der Waals surface area contributed by atoms with E-state index in [-0.39, 0.29) is 5.56 Å². The fourth-order valence-corrected chi connectivity index (χ4v) is 3.29. The molecule has 0 aromatic heterocycles. The van der Waals surface area contributed by atoms with Crippen LogP contribution in [0, 0.1) is 5.82 Å². The molecule has 0 N–H and O–H groups in total. The summed E-state index contributed by atoms with van der Waals surface area (Å²) in [7, 11) is 3.97. The number of esters is 1. The van der Waals surface area contributed by atoms with Gasteiger partial charge in [-0.2, -0.15) is 10.2 Å². The van der Waals surface area contributed by atoms with Crippen LogP contribution in [0.2, 0.25) is 0 Å². The molecule has 0 bridgehead atoms. The number of hydrogen-bond acceptors (Lipinski definition) is 5. The third-order valence-corrected chi connectivity index (χ3v) is 5.27. The smallest absolute Gasteiger partial charge is 0.341 e. The molecule has 172 valence electrons. The van der Waals surface area contributed by atoms with Gasteiger partial charge in [-0.3, -0.25) is 0 Å². The number of hydrogen-bond donors (Lipinski definition) is 0. The van der Waals surface area contributed by atoms with Crippen LogP contribution >= 0.6 is 0 Å². The molecule has 3 aromatic carbocycles. The number of carbonyl (C=O) groups excluding carboxylic acids is 1. The molecule has 0 aliphatic rings. The molecular formula is C27H30FN3O2. The van der Waals surface area contributed by atoms with Crippen molar-refractivity contribution >= 4 is 23.0 Å². The molecule has 5 nitrogen and oxygen atoms in total. The van der Waals surface area contributed by atoms with E-state index >= 15 is 0 Å². The van der Waals surface area contributed by atoms with E-state index in [1.165, 1.54) is 12.1 Å². The van der Waals surface area contributed by atoms with Gasteiger partial charge in [0.2, 0.25) is 0 Å². The van der Waals surface area contributed by atoms with Gasteiger partial charge in [-0.05, 0) is 66.1 Å². The molecule has 33 heavy (non-hydrogen) atoms. The summed E-state index contributed by atoms with van der Waals surface area (Å²) in [6.07, 6.45) is 4.01. The van der Waals surface area contributed by atoms with Gasteiger partial charge in [-0.1, -0.05) is 44.4 Å². The average molecular weight is 448 g/mol. The van der Waals surface area contributed by atoms with Crippen molar-refractivity contribution in [1.82, 2.24) is 0 Å². The highest BCUT2D eigenvalue weighted by atomic mass is 19.1. The van der Waals surface area contributed by atoms with Crippen molar-refractivity contribution in [3.8, 4) is 11.1 Å². The van der Waals surface area contributed by atoms with Crippen molar-refractivity contribution in [3.05, 3.63) is 78.1 Å². The standard InChI is InChI=1S/C27H30FN3O2/c1-4-5-6-7-18-33-27(32)25-17-10-21(19-26(25)28)20-8-11-22(12-9-20)29-30-23-13-15-24(16-14-23)31(2)3/h8-17,19H,4-7,18H2,1-3H3/b30-29+. The molecule has 6 heteroatoms. The van der Waals surface area contributed by atoms with Gasteiger partial charge < -0.3 is 9.64 Å². The van der Waals surface area contributed by atoms with Crippen molar-refractivity contribution in [2.24, 2.45) is 10.2 Å². The molecule has 0 fully saturated rings. The minimum absolute atomic E-state index is 0.0417. The van der Waals surface area contributed by atoms with E-state index in [2.05, 4.69) is 17.2 Å². The number of anilines is 1. The zero-order valence-corrected chi connectivity index (χ0v) is 19.4. The molecule has 0 atom stereocenters. The molecule has 0 radical (unpaired) electrons. The van der Waals surface area contributed by atoms with Crippen molar-refractivity contribution in [2.75, 3.05) is 25.6 Å². The maximum absolute atomic E-state index is 14.5. The Morgan fingerprint density at radius 3 is 2.03 bits per heavy atom. The Bertz CT molecular complexity index is 1080. The molecule has 0 amide bonds. The SMILES string of the molecule is CCCCCCOC(=O)c1ccc(-c2ccc(/N=N/c3ccc(N(C)C)cc3)cc2)cc1F. The van der Waals surface area contributed by atoms with Crippen LogP contribution in [0.5, 0.6) is 0 Å². The van der Waals surface area contributed by atoms with E-state index in [1.54, 1.807) is 6.07 Å². The van der Waals surface area contributed by atoms with Crippen molar-refractivity contribution in [2.45, 2.75) is 32.6 Å². The van der Waals surface area contributed by atoms with E-state index in [4.69, 9.17) is 4.74 Å². The van der Waals surface area contributed by atoms with Gasteiger partial charge in [0.05, 0.1) is 23.5 Å². The molecule has 0 unspecified atom stereocenters. The topological polar surface area (TPSA) is 54.3 Å². The second-order valence-corrected chi connectivity index (χ2v) is 8.05. The number of nitrogens with zero attached hydrogens (tertiary/aromatic N) is 3. The monoisotopic (exact) mass is 447 g/mol. The minimum Gasteiger partial charge on any atom is -0.462 e. The van der Waals surface area contributed by atoms with Gasteiger partial charge in [0, 0.05) is 19.8 Å². The van der Waals surface area contributed by atoms with Crippen LogP contribution in [-0.4, -0.2) is 26.7 Å². The molecule has 0 heterocycles. The first-order chi connectivity index (χ1) is 16.0. The molecule has 0 aliphatic heterocycles. The molecular weight excluding hydrogens is 417 g/mol. The summed E-state index contributed by atoms with van der Waals surface area (Å²) in [5.41, 5.74) is 4.01. The predicted octanol–water partition coefficient (Wildman–Crippen LogP) is 7.71.